The summed E-state index contributed by atoms with van der Waals surface area (Å²) in [4.78, 5) is 7.31. The number of nitrogens with zero attached hydrogens (tertiary/aromatic N) is 3. The Hall–Kier alpha value is -2.17. The smallest absolute Gasteiger partial charge is 0.263 e. The Bertz CT molecular complexity index is 755. The molecule has 0 aliphatic carbocycles. The summed E-state index contributed by atoms with van der Waals surface area (Å²) in [6.07, 6.45) is 2.71. The van der Waals surface area contributed by atoms with Crippen molar-refractivity contribution in [3.8, 4) is 6.07 Å². The second-order valence-electron chi connectivity index (χ2n) is 3.43. The lowest BCUT2D eigenvalue weighted by Crippen LogP contribution is -2.15. The highest BCUT2D eigenvalue weighted by atomic mass is 35.5. The molecule has 96 valence electrons. The zero-order valence-electron chi connectivity index (χ0n) is 9.41. The van der Waals surface area contributed by atoms with Crippen molar-refractivity contribution in [1.29, 1.82) is 5.26 Å². The largest absolute Gasteiger partial charge is 0.265 e. The molecular formula is C11H7ClN4O2S. The molecule has 2 aromatic rings. The zero-order chi connectivity index (χ0) is 13.9. The Morgan fingerprint density at radius 3 is 2.74 bits per heavy atom. The molecule has 0 radical (unpaired) electrons. The standard InChI is InChI=1S/C11H7ClN4O2S/c12-8-3-5-15-11(6-8)16-19(17,18)10-2-1-4-14-9(10)7-13/h1-6H,(H,15,16). The summed E-state index contributed by atoms with van der Waals surface area (Å²) in [5.41, 5.74) is -0.183. The molecule has 0 aliphatic rings. The van der Waals surface area contributed by atoms with Crippen molar-refractivity contribution in [2.75, 3.05) is 4.72 Å². The average Bonchev–Trinajstić information content (AvgIpc) is 2.38. The Morgan fingerprint density at radius 2 is 2.05 bits per heavy atom. The minimum Gasteiger partial charge on any atom is -0.263 e. The summed E-state index contributed by atoms with van der Waals surface area (Å²) < 4.78 is 26.5. The third-order valence-corrected chi connectivity index (χ3v) is 3.75. The van der Waals surface area contributed by atoms with E-state index in [0.29, 0.717) is 5.02 Å². The van der Waals surface area contributed by atoms with Crippen LogP contribution >= 0.6 is 11.6 Å². The molecule has 0 atom stereocenters. The van der Waals surface area contributed by atoms with E-state index in [1.165, 1.54) is 36.7 Å². The van der Waals surface area contributed by atoms with Gasteiger partial charge in [-0.2, -0.15) is 5.26 Å². The van der Waals surface area contributed by atoms with Crippen molar-refractivity contribution >= 4 is 27.4 Å². The van der Waals surface area contributed by atoms with Gasteiger partial charge in [-0.3, -0.25) is 4.72 Å². The maximum absolute atomic E-state index is 12.1. The Morgan fingerprint density at radius 1 is 1.26 bits per heavy atom. The van der Waals surface area contributed by atoms with E-state index in [1.54, 1.807) is 6.07 Å². The normalized spacial score (nSPS) is 10.7. The number of sulfonamides is 1. The van der Waals surface area contributed by atoms with Gasteiger partial charge >= 0.3 is 0 Å². The van der Waals surface area contributed by atoms with Crippen molar-refractivity contribution < 1.29 is 8.42 Å². The summed E-state index contributed by atoms with van der Waals surface area (Å²) in [7, 11) is -3.93. The highest BCUT2D eigenvalue weighted by Gasteiger charge is 2.19. The summed E-state index contributed by atoms with van der Waals surface area (Å²) >= 11 is 5.74. The monoisotopic (exact) mass is 294 g/mol. The van der Waals surface area contributed by atoms with Crippen LogP contribution in [0.1, 0.15) is 5.69 Å². The van der Waals surface area contributed by atoms with E-state index < -0.39 is 10.0 Å². The molecular weight excluding hydrogens is 288 g/mol. The zero-order valence-corrected chi connectivity index (χ0v) is 11.0. The lowest BCUT2D eigenvalue weighted by molar-refractivity contribution is 0.600. The van der Waals surface area contributed by atoms with Crippen molar-refractivity contribution in [1.82, 2.24) is 9.97 Å². The minimum absolute atomic E-state index is 0.0697. The molecule has 0 aromatic carbocycles. The number of hydrogen-bond donors (Lipinski definition) is 1. The van der Waals surface area contributed by atoms with Crippen LogP contribution in [0.4, 0.5) is 5.82 Å². The van der Waals surface area contributed by atoms with Crippen LogP contribution in [0.5, 0.6) is 0 Å². The SMILES string of the molecule is N#Cc1ncccc1S(=O)(=O)Nc1cc(Cl)ccn1. The van der Waals surface area contributed by atoms with Gasteiger partial charge in [-0.25, -0.2) is 18.4 Å². The molecule has 2 rings (SSSR count). The summed E-state index contributed by atoms with van der Waals surface area (Å²) in [5, 5.41) is 9.20. The topological polar surface area (TPSA) is 95.7 Å². The van der Waals surface area contributed by atoms with Gasteiger partial charge in [0.2, 0.25) is 0 Å². The number of anilines is 1. The number of nitrogens with one attached hydrogen (secondary N) is 1. The van der Waals surface area contributed by atoms with Crippen LogP contribution in [0.25, 0.3) is 0 Å². The number of halogens is 1. The van der Waals surface area contributed by atoms with Crippen molar-refractivity contribution in [2.45, 2.75) is 4.90 Å². The number of hydrogen-bond acceptors (Lipinski definition) is 5. The molecule has 2 aromatic heterocycles. The molecule has 6 nitrogen and oxygen atoms in total. The highest BCUT2D eigenvalue weighted by Crippen LogP contribution is 2.18. The molecule has 0 saturated heterocycles. The minimum atomic E-state index is -3.93. The highest BCUT2D eigenvalue weighted by molar-refractivity contribution is 7.92. The predicted molar refractivity (Wildman–Crippen MR) is 69.0 cm³/mol. The lowest BCUT2D eigenvalue weighted by Gasteiger charge is -2.07. The van der Waals surface area contributed by atoms with Gasteiger partial charge in [-0.15, -0.1) is 0 Å². The average molecular weight is 295 g/mol. The van der Waals surface area contributed by atoms with E-state index in [0.717, 1.165) is 0 Å². The first-order chi connectivity index (χ1) is 9.03. The second kappa shape index (κ2) is 5.22. The van der Waals surface area contributed by atoms with Gasteiger partial charge in [0.25, 0.3) is 10.0 Å². The molecule has 0 bridgehead atoms. The Kier molecular flexibility index (Phi) is 3.64. The van der Waals surface area contributed by atoms with E-state index in [-0.39, 0.29) is 16.4 Å². The van der Waals surface area contributed by atoms with Gasteiger partial charge < -0.3 is 0 Å². The second-order valence-corrected chi connectivity index (χ2v) is 5.51. The first-order valence-electron chi connectivity index (χ1n) is 5.02. The Balaban J connectivity index is 2.41. The van der Waals surface area contributed by atoms with Crippen LogP contribution in [-0.4, -0.2) is 18.4 Å². The van der Waals surface area contributed by atoms with Gasteiger partial charge in [-0.05, 0) is 18.2 Å². The van der Waals surface area contributed by atoms with Crippen LogP contribution in [-0.2, 0) is 10.0 Å². The van der Waals surface area contributed by atoms with Crippen molar-refractivity contribution in [3.05, 3.63) is 47.4 Å². The molecule has 0 amide bonds. The maximum atomic E-state index is 12.1. The van der Waals surface area contributed by atoms with E-state index >= 15 is 0 Å². The molecule has 19 heavy (non-hydrogen) atoms. The van der Waals surface area contributed by atoms with Crippen LogP contribution in [0.15, 0.2) is 41.6 Å². The number of pyridine rings is 2. The predicted octanol–water partition coefficient (Wildman–Crippen LogP) is 1.80. The molecule has 0 unspecified atom stereocenters. The van der Waals surface area contributed by atoms with E-state index in [1.807, 2.05) is 0 Å². The lowest BCUT2D eigenvalue weighted by atomic mass is 10.4. The van der Waals surface area contributed by atoms with Crippen LogP contribution in [0.3, 0.4) is 0 Å². The fourth-order valence-electron chi connectivity index (χ4n) is 1.34. The third kappa shape index (κ3) is 2.99. The first-order valence-corrected chi connectivity index (χ1v) is 6.88. The molecule has 8 heteroatoms. The third-order valence-electron chi connectivity index (χ3n) is 2.13. The molecule has 0 saturated carbocycles. The van der Waals surface area contributed by atoms with Gasteiger partial charge in [0.05, 0.1) is 0 Å². The molecule has 1 N–H and O–H groups in total. The van der Waals surface area contributed by atoms with Gasteiger partial charge in [0, 0.05) is 23.5 Å². The van der Waals surface area contributed by atoms with E-state index in [4.69, 9.17) is 16.9 Å². The van der Waals surface area contributed by atoms with E-state index in [9.17, 15) is 8.42 Å². The van der Waals surface area contributed by atoms with Crippen molar-refractivity contribution in [3.63, 3.8) is 0 Å². The van der Waals surface area contributed by atoms with Gasteiger partial charge in [-0.1, -0.05) is 11.6 Å². The molecule has 0 aliphatic heterocycles. The van der Waals surface area contributed by atoms with E-state index in [2.05, 4.69) is 14.7 Å². The van der Waals surface area contributed by atoms with Crippen LogP contribution in [0, 0.1) is 11.3 Å². The first kappa shape index (κ1) is 13.3. The van der Waals surface area contributed by atoms with Crippen molar-refractivity contribution in [2.24, 2.45) is 0 Å². The van der Waals surface area contributed by atoms with Gasteiger partial charge in [0.1, 0.15) is 16.8 Å². The molecule has 2 heterocycles. The fourth-order valence-corrected chi connectivity index (χ4v) is 2.61. The molecule has 0 fully saturated rings. The number of nitriles is 1. The van der Waals surface area contributed by atoms with Gasteiger partial charge in [0.15, 0.2) is 5.69 Å². The molecule has 0 spiro atoms. The summed E-state index contributed by atoms with van der Waals surface area (Å²) in [6, 6.07) is 7.32. The van der Waals surface area contributed by atoms with Crippen LogP contribution in [0.2, 0.25) is 5.02 Å². The number of aromatic nitrogens is 2. The summed E-state index contributed by atoms with van der Waals surface area (Å²) in [6.45, 7) is 0. The quantitative estimate of drug-likeness (QED) is 0.931. The van der Waals surface area contributed by atoms with Crippen LogP contribution < -0.4 is 4.72 Å². The Labute approximate surface area is 114 Å². The number of rotatable bonds is 3. The maximum Gasteiger partial charge on any atom is 0.265 e. The summed E-state index contributed by atoms with van der Waals surface area (Å²) in [5.74, 6) is 0.0697. The fraction of sp³-hybridized carbons (Fsp3) is 0.